The first-order chi connectivity index (χ1) is 15.7. The van der Waals surface area contributed by atoms with Crippen molar-refractivity contribution in [2.75, 3.05) is 12.5 Å². The second-order valence-electron chi connectivity index (χ2n) is 7.28. The Morgan fingerprint density at radius 1 is 0.969 bits per heavy atom. The van der Waals surface area contributed by atoms with E-state index in [0.29, 0.717) is 35.1 Å². The van der Waals surface area contributed by atoms with E-state index in [1.807, 2.05) is 54.6 Å². The first-order valence-corrected chi connectivity index (χ1v) is 10.2. The number of aliphatic hydroxyl groups is 2. The van der Waals surface area contributed by atoms with Crippen LogP contribution in [0, 0.1) is 0 Å². The number of nitrogens with two attached hydrogens (primary N) is 1. The highest BCUT2D eigenvalue weighted by molar-refractivity contribution is 6.01. The predicted molar refractivity (Wildman–Crippen MR) is 124 cm³/mol. The standard InChI is InChI=1S/C25H25N3O4/c1-31-22-12-20-18(10-23(22)32-15-16-5-3-2-4-6-16)9-19(13-29)21(14-30)25(20)17-7-8-27-24(11-17)28-26/h2-12,29-30H,13-15,26H2,1H3,(H,27,28). The monoisotopic (exact) mass is 431 g/mol. The number of hydrazine groups is 1. The van der Waals surface area contributed by atoms with Crippen molar-refractivity contribution in [1.82, 2.24) is 4.98 Å². The third-order valence-electron chi connectivity index (χ3n) is 5.39. The van der Waals surface area contributed by atoms with Crippen LogP contribution < -0.4 is 20.7 Å². The molecule has 7 heteroatoms. The van der Waals surface area contributed by atoms with Gasteiger partial charge in [-0.25, -0.2) is 10.8 Å². The highest BCUT2D eigenvalue weighted by Gasteiger charge is 2.18. The van der Waals surface area contributed by atoms with Crippen LogP contribution in [-0.2, 0) is 19.8 Å². The fourth-order valence-electron chi connectivity index (χ4n) is 3.83. The molecular formula is C25H25N3O4. The summed E-state index contributed by atoms with van der Waals surface area (Å²) in [5, 5.41) is 21.8. The number of hydrogen-bond acceptors (Lipinski definition) is 7. The van der Waals surface area contributed by atoms with Crippen molar-refractivity contribution in [1.29, 1.82) is 0 Å². The zero-order chi connectivity index (χ0) is 22.5. The molecule has 4 rings (SSSR count). The summed E-state index contributed by atoms with van der Waals surface area (Å²) < 4.78 is 11.7. The van der Waals surface area contributed by atoms with Gasteiger partial charge in [-0.3, -0.25) is 0 Å². The molecule has 0 spiro atoms. The van der Waals surface area contributed by atoms with Crippen LogP contribution in [0.4, 0.5) is 5.82 Å². The van der Waals surface area contributed by atoms with E-state index >= 15 is 0 Å². The van der Waals surface area contributed by atoms with E-state index in [0.717, 1.165) is 27.5 Å². The normalized spacial score (nSPS) is 10.9. The van der Waals surface area contributed by atoms with Crippen LogP contribution >= 0.6 is 0 Å². The number of rotatable bonds is 8. The highest BCUT2D eigenvalue weighted by atomic mass is 16.5. The Morgan fingerprint density at radius 3 is 2.47 bits per heavy atom. The summed E-state index contributed by atoms with van der Waals surface area (Å²) in [6.45, 7) is -0.0470. The summed E-state index contributed by atoms with van der Waals surface area (Å²) in [4.78, 5) is 4.17. The van der Waals surface area contributed by atoms with Crippen molar-refractivity contribution in [2.24, 2.45) is 5.84 Å². The van der Waals surface area contributed by atoms with E-state index in [4.69, 9.17) is 15.3 Å². The Bertz CT molecular complexity index is 1230. The first kappa shape index (κ1) is 21.6. The van der Waals surface area contributed by atoms with Crippen LogP contribution in [0.3, 0.4) is 0 Å². The Labute approximate surface area is 186 Å². The molecule has 4 aromatic rings. The summed E-state index contributed by atoms with van der Waals surface area (Å²) in [5.74, 6) is 7.20. The number of nitrogen functional groups attached to an aromatic ring is 1. The van der Waals surface area contributed by atoms with E-state index in [9.17, 15) is 10.2 Å². The third kappa shape index (κ3) is 4.22. The number of pyridine rings is 1. The minimum Gasteiger partial charge on any atom is -0.493 e. The van der Waals surface area contributed by atoms with E-state index < -0.39 is 0 Å². The van der Waals surface area contributed by atoms with Crippen molar-refractivity contribution in [3.05, 3.63) is 83.6 Å². The molecule has 0 amide bonds. The van der Waals surface area contributed by atoms with Crippen LogP contribution in [0.5, 0.6) is 11.5 Å². The molecule has 0 fully saturated rings. The largest absolute Gasteiger partial charge is 0.493 e. The fourth-order valence-corrected chi connectivity index (χ4v) is 3.83. The van der Waals surface area contributed by atoms with Crippen LogP contribution in [0.15, 0.2) is 66.9 Å². The number of ether oxygens (including phenoxy) is 2. The molecule has 164 valence electrons. The molecule has 32 heavy (non-hydrogen) atoms. The van der Waals surface area contributed by atoms with Gasteiger partial charge >= 0.3 is 0 Å². The molecule has 0 aliphatic heterocycles. The van der Waals surface area contributed by atoms with E-state index in [2.05, 4.69) is 10.4 Å². The summed E-state index contributed by atoms with van der Waals surface area (Å²) in [6.07, 6.45) is 1.64. The molecule has 7 nitrogen and oxygen atoms in total. The molecule has 0 aliphatic rings. The first-order valence-electron chi connectivity index (χ1n) is 10.2. The second kappa shape index (κ2) is 9.65. The lowest BCUT2D eigenvalue weighted by atomic mass is 9.90. The average molecular weight is 431 g/mol. The molecule has 0 radical (unpaired) electrons. The Hall–Kier alpha value is -3.65. The summed E-state index contributed by atoms with van der Waals surface area (Å²) in [7, 11) is 1.59. The van der Waals surface area contributed by atoms with Gasteiger partial charge in [-0.15, -0.1) is 0 Å². The maximum Gasteiger partial charge on any atom is 0.162 e. The number of aliphatic hydroxyl groups excluding tert-OH is 2. The molecular weight excluding hydrogens is 406 g/mol. The van der Waals surface area contributed by atoms with Gasteiger partial charge in [0, 0.05) is 6.20 Å². The van der Waals surface area contributed by atoms with Gasteiger partial charge in [0.25, 0.3) is 0 Å². The van der Waals surface area contributed by atoms with Gasteiger partial charge in [-0.1, -0.05) is 30.3 Å². The van der Waals surface area contributed by atoms with Gasteiger partial charge in [-0.05, 0) is 68.9 Å². The minimum absolute atomic E-state index is 0.210. The van der Waals surface area contributed by atoms with Gasteiger partial charge in [0.2, 0.25) is 0 Å². The number of nitrogens with one attached hydrogen (secondary N) is 1. The molecule has 5 N–H and O–H groups in total. The molecule has 0 aliphatic carbocycles. The lowest BCUT2D eigenvalue weighted by Gasteiger charge is -2.19. The fraction of sp³-hybridized carbons (Fsp3) is 0.160. The third-order valence-corrected chi connectivity index (χ3v) is 5.39. The van der Waals surface area contributed by atoms with Crippen LogP contribution in [0.2, 0.25) is 0 Å². The maximum absolute atomic E-state index is 10.1. The lowest BCUT2D eigenvalue weighted by molar-refractivity contribution is 0.260. The second-order valence-corrected chi connectivity index (χ2v) is 7.28. The molecule has 3 aromatic carbocycles. The van der Waals surface area contributed by atoms with Gasteiger partial charge in [0.05, 0.1) is 20.3 Å². The van der Waals surface area contributed by atoms with Crippen LogP contribution in [0.1, 0.15) is 16.7 Å². The quantitative estimate of drug-likeness (QED) is 0.248. The zero-order valence-electron chi connectivity index (χ0n) is 17.7. The number of hydrogen-bond donors (Lipinski definition) is 4. The van der Waals surface area contributed by atoms with Crippen LogP contribution in [-0.4, -0.2) is 22.3 Å². The molecule has 0 saturated heterocycles. The number of nitrogens with zero attached hydrogens (tertiary/aromatic N) is 1. The van der Waals surface area contributed by atoms with Gasteiger partial charge in [0.15, 0.2) is 11.5 Å². The molecule has 0 bridgehead atoms. The van der Waals surface area contributed by atoms with Crippen molar-refractivity contribution < 1.29 is 19.7 Å². The summed E-state index contributed by atoms with van der Waals surface area (Å²) >= 11 is 0. The van der Waals surface area contributed by atoms with E-state index in [1.54, 1.807) is 19.4 Å². The maximum atomic E-state index is 10.1. The molecule has 1 heterocycles. The Balaban J connectivity index is 1.89. The van der Waals surface area contributed by atoms with E-state index in [-0.39, 0.29) is 13.2 Å². The van der Waals surface area contributed by atoms with Crippen molar-refractivity contribution in [3.63, 3.8) is 0 Å². The van der Waals surface area contributed by atoms with Crippen molar-refractivity contribution >= 4 is 16.6 Å². The average Bonchev–Trinajstić information content (AvgIpc) is 2.86. The lowest BCUT2D eigenvalue weighted by Crippen LogP contribution is -2.08. The molecule has 0 unspecified atom stereocenters. The summed E-state index contributed by atoms with van der Waals surface area (Å²) in [6, 6.07) is 19.2. The Kier molecular flexibility index (Phi) is 6.51. The molecule has 0 saturated carbocycles. The Morgan fingerprint density at radius 2 is 1.78 bits per heavy atom. The van der Waals surface area contributed by atoms with Gasteiger partial charge in [-0.2, -0.15) is 0 Å². The van der Waals surface area contributed by atoms with Crippen molar-refractivity contribution in [3.8, 4) is 22.6 Å². The molecule has 1 aromatic heterocycles. The molecule has 0 atom stereocenters. The summed E-state index contributed by atoms with van der Waals surface area (Å²) in [5.41, 5.74) is 6.44. The number of anilines is 1. The zero-order valence-corrected chi connectivity index (χ0v) is 17.7. The number of fused-ring (bicyclic) bond motifs is 1. The van der Waals surface area contributed by atoms with E-state index in [1.165, 1.54) is 0 Å². The number of benzene rings is 3. The number of methoxy groups -OCH3 is 1. The van der Waals surface area contributed by atoms with Crippen molar-refractivity contribution in [2.45, 2.75) is 19.8 Å². The van der Waals surface area contributed by atoms with Crippen LogP contribution in [0.25, 0.3) is 21.9 Å². The predicted octanol–water partition coefficient (Wildman–Crippen LogP) is 3.76. The van der Waals surface area contributed by atoms with Gasteiger partial charge in [0.1, 0.15) is 12.4 Å². The topological polar surface area (TPSA) is 110 Å². The number of aromatic nitrogens is 1. The van der Waals surface area contributed by atoms with Gasteiger partial charge < -0.3 is 25.1 Å². The smallest absolute Gasteiger partial charge is 0.162 e. The minimum atomic E-state index is -0.233. The SMILES string of the molecule is COc1cc2c(-c3ccnc(NN)c3)c(CO)c(CO)cc2cc1OCc1ccccc1. The highest BCUT2D eigenvalue weighted by Crippen LogP contribution is 2.41.